The number of carbonyl (C=O) groups is 7. The van der Waals surface area contributed by atoms with Crippen molar-refractivity contribution in [3.63, 3.8) is 0 Å². The van der Waals surface area contributed by atoms with Gasteiger partial charge in [0.05, 0.1) is 6.54 Å². The van der Waals surface area contributed by atoms with Gasteiger partial charge in [-0.25, -0.2) is 19.2 Å². The van der Waals surface area contributed by atoms with Gasteiger partial charge < -0.3 is 50.1 Å². The van der Waals surface area contributed by atoms with Crippen LogP contribution in [0.2, 0.25) is 5.02 Å². The second kappa shape index (κ2) is 25.5. The summed E-state index contributed by atoms with van der Waals surface area (Å²) in [5, 5.41) is 21.8. The van der Waals surface area contributed by atoms with E-state index in [1.54, 1.807) is 149 Å². The molecule has 4 aromatic carbocycles. The molecule has 0 radical (unpaired) electrons. The summed E-state index contributed by atoms with van der Waals surface area (Å²) < 4.78 is 28.4. The van der Waals surface area contributed by atoms with Crippen molar-refractivity contribution >= 4 is 53.5 Å². The molecular weight excluding hydrogens is 1010 g/mol. The van der Waals surface area contributed by atoms with Crippen LogP contribution in [0.15, 0.2) is 84.9 Å². The Bertz CT molecular complexity index is 2870. The van der Waals surface area contributed by atoms with Crippen molar-refractivity contribution in [1.82, 2.24) is 26.2 Å². The zero-order valence-electron chi connectivity index (χ0n) is 45.7. The number of carboxylic acid groups (broad SMARTS) is 1. The second-order valence-electron chi connectivity index (χ2n) is 21.9. The number of ether oxygens (including phenoxy) is 5. The summed E-state index contributed by atoms with van der Waals surface area (Å²) in [4.78, 5) is 95.8. The minimum absolute atomic E-state index is 0.0576. The number of alkyl carbamates (subject to hydrolysis) is 1. The molecule has 1 aliphatic heterocycles. The fourth-order valence-electron chi connectivity index (χ4n) is 7.87. The lowest BCUT2D eigenvalue weighted by Crippen LogP contribution is -2.60. The van der Waals surface area contributed by atoms with Gasteiger partial charge in [0, 0.05) is 46.6 Å². The molecule has 0 spiro atoms. The summed E-state index contributed by atoms with van der Waals surface area (Å²) >= 11 is 6.12. The Morgan fingerprint density at radius 3 is 1.99 bits per heavy atom. The zero-order chi connectivity index (χ0) is 57.0. The van der Waals surface area contributed by atoms with Crippen LogP contribution >= 0.6 is 11.6 Å². The van der Waals surface area contributed by atoms with E-state index in [9.17, 15) is 38.7 Å². The van der Waals surface area contributed by atoms with E-state index in [1.165, 1.54) is 12.1 Å². The van der Waals surface area contributed by atoms with Crippen LogP contribution in [0.25, 0.3) is 22.3 Å². The highest BCUT2D eigenvalue weighted by molar-refractivity contribution is 6.30. The first-order valence-corrected chi connectivity index (χ1v) is 25.4. The van der Waals surface area contributed by atoms with Crippen LogP contribution in [0.3, 0.4) is 0 Å². The number of carbonyl (C=O) groups excluding carboxylic acids is 6. The molecule has 4 bridgehead atoms. The number of amides is 4. The van der Waals surface area contributed by atoms with E-state index in [4.69, 9.17) is 35.3 Å². The molecule has 1 heterocycles. The molecule has 0 fully saturated rings. The number of rotatable bonds is 14. The highest BCUT2D eigenvalue weighted by Crippen LogP contribution is 2.41. The standard InChI is InChI=1S/C58H70ClN5O13/c1-55(2,3)75-48(66)34-73-44-27-17-35-30-41(44)42-32-39(24-28-45(42)74-54(72)77-57(7,8)9)49(51(68)61-33-47(65)62-43(31-35)52(69)70)64(12)58(10,11)46(16-14-13-15-29-60-53(71)76-56(4,5)6)63-50(67)38-20-18-36(19-21-38)37-22-25-40(59)26-23-37/h17-28,30,32,43,46,49H,13,15,29,31,33-34H2,1-12H3,(H,60,71)(H,61,68)(H,62,65)(H,63,67)(H,69,70)/t43-,46?,49-/m0/s1. The molecule has 5 N–H and O–H groups in total. The monoisotopic (exact) mass is 1080 g/mol. The predicted octanol–water partition coefficient (Wildman–Crippen LogP) is 8.81. The minimum Gasteiger partial charge on any atom is -0.481 e. The molecule has 19 heteroatoms. The van der Waals surface area contributed by atoms with E-state index < -0.39 is 95.5 Å². The van der Waals surface area contributed by atoms with Gasteiger partial charge in [-0.15, -0.1) is 5.92 Å². The maximum absolute atomic E-state index is 14.9. The lowest BCUT2D eigenvalue weighted by Gasteiger charge is -2.44. The van der Waals surface area contributed by atoms with E-state index in [0.29, 0.717) is 22.6 Å². The molecule has 18 nitrogen and oxygen atoms in total. The maximum Gasteiger partial charge on any atom is 0.514 e. The van der Waals surface area contributed by atoms with Crippen molar-refractivity contribution in [2.75, 3.05) is 26.7 Å². The highest BCUT2D eigenvalue weighted by Gasteiger charge is 2.41. The van der Waals surface area contributed by atoms with Gasteiger partial charge in [-0.1, -0.05) is 53.9 Å². The molecular formula is C58H70ClN5O13. The molecule has 77 heavy (non-hydrogen) atoms. The fraction of sp³-hybridized carbons (Fsp3) is 0.431. The summed E-state index contributed by atoms with van der Waals surface area (Å²) in [5.74, 6) is 2.36. The summed E-state index contributed by atoms with van der Waals surface area (Å²) in [6.07, 6.45) is -1.15. The Labute approximate surface area is 455 Å². The quantitative estimate of drug-likeness (QED) is 0.0261. The van der Waals surface area contributed by atoms with Crippen LogP contribution in [0.4, 0.5) is 9.59 Å². The lowest BCUT2D eigenvalue weighted by molar-refractivity contribution is -0.157. The Kier molecular flexibility index (Phi) is 19.9. The van der Waals surface area contributed by atoms with Crippen molar-refractivity contribution in [2.45, 2.75) is 136 Å². The summed E-state index contributed by atoms with van der Waals surface area (Å²) in [6, 6.07) is 19.7. The van der Waals surface area contributed by atoms with Gasteiger partial charge in [0.1, 0.15) is 46.4 Å². The van der Waals surface area contributed by atoms with Crippen LogP contribution in [0.1, 0.15) is 117 Å². The Hall–Kier alpha value is -7.62. The predicted molar refractivity (Wildman–Crippen MR) is 290 cm³/mol. The number of nitrogens with zero attached hydrogens (tertiary/aromatic N) is 1. The SMILES string of the molecule is CN([C@@H]1C(=O)NCC(=O)N[C@H](C(=O)O)Cc2ccc(OCC(=O)OC(C)(C)C)c(c2)-c2cc1ccc2OC(=O)OC(C)(C)C)C(C)(C)C(C#CCCCNC(=O)OC(C)(C)C)NC(=O)c1ccc(-c2ccc(Cl)cc2)cc1. The lowest BCUT2D eigenvalue weighted by atomic mass is 9.88. The van der Waals surface area contributed by atoms with Gasteiger partial charge in [-0.05, 0) is 160 Å². The maximum atomic E-state index is 14.9. The third-order valence-corrected chi connectivity index (χ3v) is 12.0. The average molecular weight is 1080 g/mol. The fourth-order valence-corrected chi connectivity index (χ4v) is 8.00. The Balaban J connectivity index is 1.65. The van der Waals surface area contributed by atoms with Crippen molar-refractivity contribution < 1.29 is 62.4 Å². The van der Waals surface area contributed by atoms with Crippen LogP contribution < -0.4 is 30.7 Å². The number of hydrogen-bond acceptors (Lipinski definition) is 13. The minimum atomic E-state index is -1.46. The molecule has 1 unspecified atom stereocenters. The zero-order valence-corrected chi connectivity index (χ0v) is 46.5. The molecule has 4 amide bonds. The summed E-state index contributed by atoms with van der Waals surface area (Å²) in [6.45, 7) is 18.0. The largest absolute Gasteiger partial charge is 0.514 e. The Morgan fingerprint density at radius 1 is 0.779 bits per heavy atom. The number of likely N-dealkylation sites (N-methyl/N-ethyl adjacent to an activating group) is 1. The van der Waals surface area contributed by atoms with Crippen molar-refractivity contribution in [3.8, 4) is 45.6 Å². The molecule has 0 aromatic heterocycles. The average Bonchev–Trinajstić information content (AvgIpc) is 3.32. The molecule has 0 aliphatic carbocycles. The van der Waals surface area contributed by atoms with Gasteiger partial charge >= 0.3 is 24.2 Å². The van der Waals surface area contributed by atoms with Crippen LogP contribution in [-0.2, 0) is 39.8 Å². The van der Waals surface area contributed by atoms with Crippen molar-refractivity contribution in [2.24, 2.45) is 0 Å². The summed E-state index contributed by atoms with van der Waals surface area (Å²) in [7, 11) is 1.64. The van der Waals surface area contributed by atoms with Crippen LogP contribution in [0.5, 0.6) is 11.5 Å². The molecule has 0 saturated carbocycles. The highest BCUT2D eigenvalue weighted by atomic mass is 35.5. The molecule has 3 atom stereocenters. The first-order valence-electron chi connectivity index (χ1n) is 25.1. The Morgan fingerprint density at radius 2 is 1.38 bits per heavy atom. The smallest absolute Gasteiger partial charge is 0.481 e. The number of unbranched alkanes of at least 4 members (excludes halogenated alkanes) is 1. The summed E-state index contributed by atoms with van der Waals surface area (Å²) in [5.41, 5.74) is -0.653. The number of nitrogens with one attached hydrogen (secondary N) is 4. The third-order valence-electron chi connectivity index (χ3n) is 11.7. The van der Waals surface area contributed by atoms with E-state index in [1.807, 2.05) is 12.1 Å². The number of fused-ring (bicyclic) bond motifs is 5. The molecule has 412 valence electrons. The van der Waals surface area contributed by atoms with Crippen molar-refractivity contribution in [1.29, 1.82) is 0 Å². The third kappa shape index (κ3) is 18.3. The molecule has 4 aromatic rings. The van der Waals surface area contributed by atoms with Crippen LogP contribution in [-0.4, -0.2) is 113 Å². The number of hydrogen-bond donors (Lipinski definition) is 5. The van der Waals surface area contributed by atoms with Gasteiger partial charge in [0.2, 0.25) is 11.8 Å². The molecule has 0 saturated heterocycles. The topological polar surface area (TPSA) is 237 Å². The van der Waals surface area contributed by atoms with E-state index >= 15 is 0 Å². The number of aliphatic carboxylic acids is 1. The first kappa shape index (κ1) is 60.2. The van der Waals surface area contributed by atoms with Gasteiger partial charge in [0.25, 0.3) is 5.91 Å². The number of carboxylic acids is 1. The van der Waals surface area contributed by atoms with E-state index in [0.717, 1.165) is 11.1 Å². The normalized spacial score (nSPS) is 15.5. The number of halogens is 1. The van der Waals surface area contributed by atoms with E-state index in [-0.39, 0.29) is 47.6 Å². The van der Waals surface area contributed by atoms with Gasteiger partial charge in [0.15, 0.2) is 6.61 Å². The van der Waals surface area contributed by atoms with Gasteiger partial charge in [-0.2, -0.15) is 0 Å². The first-order chi connectivity index (χ1) is 35.9. The number of esters is 1. The van der Waals surface area contributed by atoms with Crippen LogP contribution in [0, 0.1) is 11.8 Å². The molecule has 5 rings (SSSR count). The van der Waals surface area contributed by atoms with Gasteiger partial charge in [-0.3, -0.25) is 19.3 Å². The second-order valence-corrected chi connectivity index (χ2v) is 22.4. The molecule has 1 aliphatic rings. The van der Waals surface area contributed by atoms with E-state index in [2.05, 4.69) is 33.1 Å². The van der Waals surface area contributed by atoms with Crippen molar-refractivity contribution in [3.05, 3.63) is 107 Å². The number of benzene rings is 4.